The molecule has 43 heavy (non-hydrogen) atoms. The van der Waals surface area contributed by atoms with E-state index < -0.39 is 29.2 Å². The second-order valence-electron chi connectivity index (χ2n) is 12.8. The molecule has 0 saturated heterocycles. The Labute approximate surface area is 256 Å². The summed E-state index contributed by atoms with van der Waals surface area (Å²) in [5.41, 5.74) is 4.39. The van der Waals surface area contributed by atoms with Gasteiger partial charge in [0, 0.05) is 10.9 Å². The van der Waals surface area contributed by atoms with E-state index in [2.05, 4.69) is 58.0 Å². The molecular formula is C34H45NO6SSi. The SMILES string of the molecule is Cc1ccc(S(=O)(=O)OCCCc2cn([Si](C(C)C)(C(C)C)C(C)C)c3ccc(-c4c(OC(C)C)c(=O)c4=O)cc23)cc1. The largest absolute Gasteiger partial charge is 0.486 e. The van der Waals surface area contributed by atoms with Gasteiger partial charge in [0.15, 0.2) is 14.0 Å². The van der Waals surface area contributed by atoms with Crippen molar-refractivity contribution in [2.75, 3.05) is 6.61 Å². The van der Waals surface area contributed by atoms with Gasteiger partial charge < -0.3 is 8.97 Å². The van der Waals surface area contributed by atoms with Crippen LogP contribution in [0.5, 0.6) is 5.75 Å². The molecule has 0 saturated carbocycles. The van der Waals surface area contributed by atoms with E-state index in [0.717, 1.165) is 22.0 Å². The van der Waals surface area contributed by atoms with Gasteiger partial charge in [-0.05, 0) is 91.8 Å². The molecule has 0 radical (unpaired) electrons. The van der Waals surface area contributed by atoms with Crippen LogP contribution in [0.4, 0.5) is 0 Å². The number of benzene rings is 2. The van der Waals surface area contributed by atoms with E-state index in [0.29, 0.717) is 40.6 Å². The van der Waals surface area contributed by atoms with Crippen molar-refractivity contribution < 1.29 is 17.3 Å². The summed E-state index contributed by atoms with van der Waals surface area (Å²) in [6, 6.07) is 12.6. The van der Waals surface area contributed by atoms with Crippen molar-refractivity contribution in [3.05, 3.63) is 80.2 Å². The summed E-state index contributed by atoms with van der Waals surface area (Å²) in [5, 5.41) is 1.00. The number of nitrogens with zero attached hydrogens (tertiary/aromatic N) is 1. The average Bonchev–Trinajstić information content (AvgIpc) is 3.28. The van der Waals surface area contributed by atoms with Gasteiger partial charge in [-0.25, -0.2) is 0 Å². The van der Waals surface area contributed by atoms with E-state index in [-0.39, 0.29) is 23.4 Å². The topological polar surface area (TPSA) is 91.7 Å². The van der Waals surface area contributed by atoms with Crippen molar-refractivity contribution in [2.45, 2.75) is 103 Å². The second kappa shape index (κ2) is 12.5. The lowest BCUT2D eigenvalue weighted by Crippen LogP contribution is -2.51. The molecule has 0 fully saturated rings. The maximum absolute atomic E-state index is 12.8. The molecule has 0 N–H and O–H groups in total. The van der Waals surface area contributed by atoms with Crippen LogP contribution in [0.25, 0.3) is 22.0 Å². The van der Waals surface area contributed by atoms with Crippen LogP contribution in [0, 0.1) is 6.92 Å². The predicted molar refractivity (Wildman–Crippen MR) is 177 cm³/mol. The third-order valence-corrected chi connectivity index (χ3v) is 16.8. The Bertz CT molecular complexity index is 1750. The molecule has 0 unspecified atom stereocenters. The van der Waals surface area contributed by atoms with Crippen LogP contribution in [-0.2, 0) is 20.7 Å². The number of ether oxygens (including phenoxy) is 1. The fourth-order valence-electron chi connectivity index (χ4n) is 6.99. The molecule has 0 spiro atoms. The molecule has 0 atom stereocenters. The predicted octanol–water partition coefficient (Wildman–Crippen LogP) is 7.36. The molecule has 0 aliphatic heterocycles. The lowest BCUT2D eigenvalue weighted by Gasteiger charge is -2.44. The first-order valence-corrected chi connectivity index (χ1v) is 18.8. The number of aromatic nitrogens is 1. The normalized spacial score (nSPS) is 13.0. The van der Waals surface area contributed by atoms with Gasteiger partial charge in [-0.15, -0.1) is 0 Å². The van der Waals surface area contributed by atoms with Crippen LogP contribution in [0.15, 0.2) is 63.1 Å². The lowest BCUT2D eigenvalue weighted by atomic mass is 9.97. The molecule has 4 rings (SSSR count). The zero-order chi connectivity index (χ0) is 31.9. The Kier molecular flexibility index (Phi) is 9.59. The Morgan fingerprint density at radius 2 is 1.44 bits per heavy atom. The number of rotatable bonds is 13. The maximum Gasteiger partial charge on any atom is 0.296 e. The molecule has 3 aromatic carbocycles. The van der Waals surface area contributed by atoms with Crippen molar-refractivity contribution in [3.63, 3.8) is 0 Å². The van der Waals surface area contributed by atoms with Crippen molar-refractivity contribution in [2.24, 2.45) is 0 Å². The van der Waals surface area contributed by atoms with Gasteiger partial charge in [0.2, 0.25) is 5.43 Å². The summed E-state index contributed by atoms with van der Waals surface area (Å²) in [7, 11) is -6.00. The van der Waals surface area contributed by atoms with E-state index in [1.165, 1.54) is 0 Å². The summed E-state index contributed by atoms with van der Waals surface area (Å²) in [5.74, 6) is 0.130. The van der Waals surface area contributed by atoms with E-state index in [1.54, 1.807) is 24.3 Å². The van der Waals surface area contributed by atoms with Crippen molar-refractivity contribution in [1.29, 1.82) is 0 Å². The quantitative estimate of drug-likeness (QED) is 0.0669. The zero-order valence-electron chi connectivity index (χ0n) is 26.9. The molecule has 4 aromatic rings. The van der Waals surface area contributed by atoms with Crippen LogP contribution in [0.1, 0.15) is 72.9 Å². The Morgan fingerprint density at radius 3 is 2.00 bits per heavy atom. The first-order valence-electron chi connectivity index (χ1n) is 15.2. The van der Waals surface area contributed by atoms with Crippen LogP contribution in [-0.4, -0.2) is 33.6 Å². The van der Waals surface area contributed by atoms with Crippen LogP contribution < -0.4 is 15.6 Å². The molecule has 232 valence electrons. The molecule has 7 nitrogen and oxygen atoms in total. The average molecular weight is 624 g/mol. The zero-order valence-corrected chi connectivity index (χ0v) is 28.7. The number of hydrogen-bond donors (Lipinski definition) is 0. The Morgan fingerprint density at radius 1 is 0.837 bits per heavy atom. The second-order valence-corrected chi connectivity index (χ2v) is 20.2. The Hall–Kier alpha value is -3.01. The smallest absolute Gasteiger partial charge is 0.296 e. The summed E-state index contributed by atoms with van der Waals surface area (Å²) in [6.07, 6.45) is 3.11. The maximum atomic E-state index is 12.8. The number of hydrogen-bond acceptors (Lipinski definition) is 6. The lowest BCUT2D eigenvalue weighted by molar-refractivity contribution is 0.238. The number of aryl methyl sites for hydroxylation is 2. The number of fused-ring (bicyclic) bond motifs is 1. The van der Waals surface area contributed by atoms with Crippen molar-refractivity contribution >= 4 is 29.3 Å². The highest BCUT2D eigenvalue weighted by Crippen LogP contribution is 2.45. The third-order valence-electron chi connectivity index (χ3n) is 8.73. The van der Waals surface area contributed by atoms with E-state index in [1.807, 2.05) is 32.9 Å². The summed E-state index contributed by atoms with van der Waals surface area (Å²) < 4.78 is 39.2. The van der Waals surface area contributed by atoms with E-state index in [9.17, 15) is 18.0 Å². The highest BCUT2D eigenvalue weighted by molar-refractivity contribution is 7.86. The highest BCUT2D eigenvalue weighted by atomic mass is 32.2. The molecule has 1 heterocycles. The van der Waals surface area contributed by atoms with Crippen molar-refractivity contribution in [3.8, 4) is 16.9 Å². The summed E-state index contributed by atoms with van der Waals surface area (Å²) in [6.45, 7) is 19.5. The van der Waals surface area contributed by atoms with E-state index >= 15 is 0 Å². The molecule has 0 amide bonds. The molecule has 9 heteroatoms. The highest BCUT2D eigenvalue weighted by Gasteiger charge is 2.46. The molecule has 0 aliphatic rings. The minimum atomic E-state index is -3.85. The van der Waals surface area contributed by atoms with Gasteiger partial charge in [0.05, 0.1) is 23.2 Å². The van der Waals surface area contributed by atoms with Crippen LogP contribution in [0.3, 0.4) is 0 Å². The third kappa shape index (κ3) is 6.04. The standard InChI is InChI=1S/C34H45NO6SSi/c1-21(2)41-34-31(32(36)33(34)37)26-14-17-30-29(19-26)27(20-35(30)43(22(3)4,23(5)6)24(7)8)11-10-18-40-42(38,39)28-15-12-25(9)13-16-28/h12-17,19-24H,10-11,18H2,1-9H3. The monoisotopic (exact) mass is 623 g/mol. The summed E-state index contributed by atoms with van der Waals surface area (Å²) >= 11 is 0. The first kappa shape index (κ1) is 32.9. The van der Waals surface area contributed by atoms with Gasteiger partial charge in [-0.1, -0.05) is 65.3 Å². The van der Waals surface area contributed by atoms with Crippen LogP contribution >= 0.6 is 0 Å². The minimum absolute atomic E-state index is 0.0498. The van der Waals surface area contributed by atoms with Crippen molar-refractivity contribution in [1.82, 2.24) is 4.23 Å². The van der Waals surface area contributed by atoms with E-state index in [4.69, 9.17) is 8.92 Å². The van der Waals surface area contributed by atoms with Gasteiger partial charge >= 0.3 is 0 Å². The van der Waals surface area contributed by atoms with Gasteiger partial charge in [-0.2, -0.15) is 8.42 Å². The molecule has 0 bridgehead atoms. The fraction of sp³-hybridized carbons (Fsp3) is 0.471. The molecule has 1 aromatic heterocycles. The van der Waals surface area contributed by atoms with Gasteiger partial charge in [-0.3, -0.25) is 13.8 Å². The summed E-state index contributed by atoms with van der Waals surface area (Å²) in [4.78, 5) is 25.2. The van der Waals surface area contributed by atoms with Crippen LogP contribution in [0.2, 0.25) is 16.6 Å². The minimum Gasteiger partial charge on any atom is -0.486 e. The van der Waals surface area contributed by atoms with Gasteiger partial charge in [0.25, 0.3) is 15.5 Å². The molecule has 0 aliphatic carbocycles. The fourth-order valence-corrected chi connectivity index (χ4v) is 14.6. The molecular weight excluding hydrogens is 579 g/mol. The Balaban J connectivity index is 1.76. The first-order chi connectivity index (χ1) is 20.1. The van der Waals surface area contributed by atoms with Gasteiger partial charge in [0.1, 0.15) is 0 Å².